The molecule has 0 aliphatic heterocycles. The van der Waals surface area contributed by atoms with Gasteiger partial charge in [0, 0.05) is 11.9 Å². The largest absolute Gasteiger partial charge is 0.261 e. The molecule has 78 valence electrons. The minimum Gasteiger partial charge on any atom is -0.261 e. The van der Waals surface area contributed by atoms with Gasteiger partial charge in [-0.25, -0.2) is 0 Å². The van der Waals surface area contributed by atoms with E-state index in [1.54, 1.807) is 0 Å². The number of hydrogen-bond donors (Lipinski definition) is 0. The average Bonchev–Trinajstić information content (AvgIpc) is 2.15. The van der Waals surface area contributed by atoms with Crippen LogP contribution in [-0.2, 0) is 18.3 Å². The van der Waals surface area contributed by atoms with Crippen LogP contribution in [-0.4, -0.2) is 4.98 Å². The molecule has 0 spiro atoms. The summed E-state index contributed by atoms with van der Waals surface area (Å²) in [7, 11) is 0. The Morgan fingerprint density at radius 2 is 1.79 bits per heavy atom. The molecule has 0 aromatic carbocycles. The van der Waals surface area contributed by atoms with Crippen molar-refractivity contribution in [2.75, 3.05) is 0 Å². The molecule has 0 saturated carbocycles. The van der Waals surface area contributed by atoms with Gasteiger partial charge in [-0.15, -0.1) is 0 Å². The van der Waals surface area contributed by atoms with Gasteiger partial charge in [-0.3, -0.25) is 4.98 Å². The van der Waals surface area contributed by atoms with E-state index in [1.807, 2.05) is 6.20 Å². The average molecular weight is 191 g/mol. The first-order valence-electron chi connectivity index (χ1n) is 5.48. The summed E-state index contributed by atoms with van der Waals surface area (Å²) in [5.41, 5.74) is 4.37. The molecule has 1 aromatic heterocycles. The second-order valence-electron chi connectivity index (χ2n) is 4.75. The van der Waals surface area contributed by atoms with Gasteiger partial charge in [0.2, 0.25) is 0 Å². The van der Waals surface area contributed by atoms with E-state index in [9.17, 15) is 0 Å². The molecule has 0 saturated heterocycles. The number of hydrogen-bond acceptors (Lipinski definition) is 1. The molecule has 0 bridgehead atoms. The molecule has 0 unspecified atom stereocenters. The van der Waals surface area contributed by atoms with Crippen molar-refractivity contribution in [2.45, 2.75) is 52.9 Å². The van der Waals surface area contributed by atoms with Gasteiger partial charge in [0.15, 0.2) is 0 Å². The quantitative estimate of drug-likeness (QED) is 0.697. The van der Waals surface area contributed by atoms with E-state index < -0.39 is 0 Å². The van der Waals surface area contributed by atoms with Crippen LogP contribution in [0.1, 0.15) is 51.4 Å². The first-order valence-corrected chi connectivity index (χ1v) is 5.48. The van der Waals surface area contributed by atoms with Crippen molar-refractivity contribution in [1.82, 2.24) is 4.98 Å². The summed E-state index contributed by atoms with van der Waals surface area (Å²) in [6, 6.07) is 2.15. The van der Waals surface area contributed by atoms with Gasteiger partial charge in [0.1, 0.15) is 0 Å². The van der Waals surface area contributed by atoms with Crippen LogP contribution in [0, 0.1) is 0 Å². The van der Waals surface area contributed by atoms with Crippen molar-refractivity contribution < 1.29 is 0 Å². The Morgan fingerprint density at radius 1 is 1.14 bits per heavy atom. The van der Waals surface area contributed by atoms with Crippen LogP contribution in [0.5, 0.6) is 0 Å². The molecule has 0 radical (unpaired) electrons. The fraction of sp³-hybridized carbons (Fsp3) is 0.615. The minimum absolute atomic E-state index is 0.213. The molecule has 1 heterocycles. The van der Waals surface area contributed by atoms with Gasteiger partial charge in [-0.2, -0.15) is 0 Å². The minimum atomic E-state index is 0.213. The highest BCUT2D eigenvalue weighted by Crippen LogP contribution is 2.28. The lowest BCUT2D eigenvalue weighted by atomic mass is 9.81. The molecular formula is C13H21N. The zero-order valence-electron chi connectivity index (χ0n) is 10.0. The van der Waals surface area contributed by atoms with Crippen LogP contribution in [0.15, 0.2) is 12.3 Å². The van der Waals surface area contributed by atoms with E-state index in [-0.39, 0.29) is 5.41 Å². The van der Waals surface area contributed by atoms with Crippen molar-refractivity contribution in [3.05, 3.63) is 29.1 Å². The summed E-state index contributed by atoms with van der Waals surface area (Å²) >= 11 is 0. The predicted octanol–water partition coefficient (Wildman–Crippen LogP) is 3.50. The van der Waals surface area contributed by atoms with Gasteiger partial charge in [0.25, 0.3) is 0 Å². The normalized spacial score (nSPS) is 11.8. The van der Waals surface area contributed by atoms with Crippen molar-refractivity contribution in [3.63, 3.8) is 0 Å². The standard InChI is InChI=1S/C13H21N/c1-6-10-8-9-14-11(7-2)12(10)13(3,4)5/h8-9H,6-7H2,1-5H3. The second-order valence-corrected chi connectivity index (χ2v) is 4.75. The highest BCUT2D eigenvalue weighted by atomic mass is 14.7. The summed E-state index contributed by atoms with van der Waals surface area (Å²) in [5.74, 6) is 0. The maximum Gasteiger partial charge on any atom is 0.0440 e. The zero-order valence-corrected chi connectivity index (χ0v) is 10.0. The van der Waals surface area contributed by atoms with E-state index in [2.05, 4.69) is 45.7 Å². The van der Waals surface area contributed by atoms with Crippen LogP contribution < -0.4 is 0 Å². The molecule has 1 rings (SSSR count). The Labute approximate surface area is 87.6 Å². The van der Waals surface area contributed by atoms with E-state index in [1.165, 1.54) is 16.8 Å². The maximum atomic E-state index is 4.47. The van der Waals surface area contributed by atoms with Crippen LogP contribution >= 0.6 is 0 Å². The van der Waals surface area contributed by atoms with Crippen molar-refractivity contribution in [1.29, 1.82) is 0 Å². The smallest absolute Gasteiger partial charge is 0.0440 e. The van der Waals surface area contributed by atoms with Crippen LogP contribution in [0.4, 0.5) is 0 Å². The Morgan fingerprint density at radius 3 is 2.21 bits per heavy atom. The molecule has 1 aromatic rings. The second kappa shape index (κ2) is 4.12. The molecular weight excluding hydrogens is 170 g/mol. The third-order valence-corrected chi connectivity index (χ3v) is 2.58. The molecule has 0 atom stereocenters. The third-order valence-electron chi connectivity index (χ3n) is 2.58. The van der Waals surface area contributed by atoms with Gasteiger partial charge in [0.05, 0.1) is 0 Å². The highest BCUT2D eigenvalue weighted by Gasteiger charge is 2.20. The Kier molecular flexibility index (Phi) is 3.30. The van der Waals surface area contributed by atoms with Gasteiger partial charge in [-0.05, 0) is 35.4 Å². The summed E-state index contributed by atoms with van der Waals surface area (Å²) in [4.78, 5) is 4.47. The summed E-state index contributed by atoms with van der Waals surface area (Å²) in [6.07, 6.45) is 4.06. The van der Waals surface area contributed by atoms with Gasteiger partial charge >= 0.3 is 0 Å². The monoisotopic (exact) mass is 191 g/mol. The van der Waals surface area contributed by atoms with E-state index in [0.29, 0.717) is 0 Å². The predicted molar refractivity (Wildman–Crippen MR) is 61.7 cm³/mol. The van der Waals surface area contributed by atoms with Crippen molar-refractivity contribution >= 4 is 0 Å². The van der Waals surface area contributed by atoms with Crippen molar-refractivity contribution in [2.24, 2.45) is 0 Å². The topological polar surface area (TPSA) is 12.9 Å². The highest BCUT2D eigenvalue weighted by molar-refractivity contribution is 5.35. The van der Waals surface area contributed by atoms with Crippen LogP contribution in [0.2, 0.25) is 0 Å². The van der Waals surface area contributed by atoms with Crippen LogP contribution in [0.3, 0.4) is 0 Å². The lowest BCUT2D eigenvalue weighted by molar-refractivity contribution is 0.571. The molecule has 0 N–H and O–H groups in total. The number of rotatable bonds is 2. The number of aryl methyl sites for hydroxylation is 2. The lowest BCUT2D eigenvalue weighted by Crippen LogP contribution is -2.18. The van der Waals surface area contributed by atoms with E-state index in [0.717, 1.165) is 12.8 Å². The molecule has 1 heteroatoms. The first kappa shape index (κ1) is 11.2. The third kappa shape index (κ3) is 2.14. The van der Waals surface area contributed by atoms with E-state index >= 15 is 0 Å². The van der Waals surface area contributed by atoms with E-state index in [4.69, 9.17) is 0 Å². The zero-order chi connectivity index (χ0) is 10.8. The van der Waals surface area contributed by atoms with Crippen molar-refractivity contribution in [3.8, 4) is 0 Å². The molecule has 0 fully saturated rings. The number of aromatic nitrogens is 1. The van der Waals surface area contributed by atoms with Gasteiger partial charge in [-0.1, -0.05) is 34.6 Å². The maximum absolute atomic E-state index is 4.47. The first-order chi connectivity index (χ1) is 6.50. The Bertz CT molecular complexity index is 285. The fourth-order valence-corrected chi connectivity index (χ4v) is 2.03. The molecule has 0 aliphatic rings. The SMILES string of the molecule is CCc1ccnc(CC)c1C(C)(C)C. The molecule has 1 nitrogen and oxygen atoms in total. The molecule has 0 aliphatic carbocycles. The number of nitrogens with zero attached hydrogens (tertiary/aromatic N) is 1. The summed E-state index contributed by atoms with van der Waals surface area (Å²) < 4.78 is 0. The molecule has 0 amide bonds. The van der Waals surface area contributed by atoms with Crippen LogP contribution in [0.25, 0.3) is 0 Å². The Balaban J connectivity index is 3.34. The number of pyridine rings is 1. The fourth-order valence-electron chi connectivity index (χ4n) is 2.03. The summed E-state index contributed by atoms with van der Waals surface area (Å²) in [6.45, 7) is 11.2. The lowest BCUT2D eigenvalue weighted by Gasteiger charge is -2.25. The van der Waals surface area contributed by atoms with Gasteiger partial charge < -0.3 is 0 Å². The molecule has 14 heavy (non-hydrogen) atoms. The Hall–Kier alpha value is -0.850. The summed E-state index contributed by atoms with van der Waals surface area (Å²) in [5, 5.41) is 0.